The van der Waals surface area contributed by atoms with Crippen LogP contribution in [0.1, 0.15) is 34.8 Å². The molecule has 126 valence electrons. The van der Waals surface area contributed by atoms with Crippen molar-refractivity contribution < 1.29 is 19.4 Å². The summed E-state index contributed by atoms with van der Waals surface area (Å²) in [6.45, 7) is 2.13. The topological polar surface area (TPSA) is 75.6 Å². The fourth-order valence-electron chi connectivity index (χ4n) is 2.28. The Hall–Kier alpha value is -2.82. The van der Waals surface area contributed by atoms with E-state index in [0.717, 1.165) is 11.1 Å². The highest BCUT2D eigenvalue weighted by Gasteiger charge is 2.09. The van der Waals surface area contributed by atoms with Gasteiger partial charge in [0.25, 0.3) is 0 Å². The maximum Gasteiger partial charge on any atom is 0.407 e. The summed E-state index contributed by atoms with van der Waals surface area (Å²) in [6.07, 6.45) is 0.927. The molecule has 0 radical (unpaired) electrons. The highest BCUT2D eigenvalue weighted by molar-refractivity contribution is 5.87. The molecule has 0 heterocycles. The van der Waals surface area contributed by atoms with Crippen LogP contribution >= 0.6 is 0 Å². The number of alkyl carbamates (subject to hydrolysis) is 1. The molecule has 0 unspecified atom stereocenters. The van der Waals surface area contributed by atoms with Crippen molar-refractivity contribution in [2.75, 3.05) is 0 Å². The van der Waals surface area contributed by atoms with Gasteiger partial charge >= 0.3 is 12.1 Å². The quantitative estimate of drug-likeness (QED) is 0.814. The van der Waals surface area contributed by atoms with E-state index in [1.807, 2.05) is 43.3 Å². The van der Waals surface area contributed by atoms with Gasteiger partial charge in [-0.15, -0.1) is 0 Å². The first-order chi connectivity index (χ1) is 11.5. The van der Waals surface area contributed by atoms with E-state index in [9.17, 15) is 9.59 Å². The van der Waals surface area contributed by atoms with Gasteiger partial charge in [0.15, 0.2) is 0 Å². The molecule has 5 heteroatoms. The van der Waals surface area contributed by atoms with Gasteiger partial charge < -0.3 is 15.2 Å². The summed E-state index contributed by atoms with van der Waals surface area (Å²) in [5.41, 5.74) is 2.14. The number of carboxylic acid groups (broad SMARTS) is 1. The molecule has 0 saturated heterocycles. The van der Waals surface area contributed by atoms with Crippen LogP contribution in [0.4, 0.5) is 4.79 Å². The molecule has 1 amide bonds. The minimum atomic E-state index is -0.937. The molecule has 2 N–H and O–H groups in total. The first kappa shape index (κ1) is 17.5. The van der Waals surface area contributed by atoms with E-state index in [2.05, 4.69) is 5.32 Å². The summed E-state index contributed by atoms with van der Waals surface area (Å²) in [5, 5.41) is 11.8. The monoisotopic (exact) mass is 327 g/mol. The van der Waals surface area contributed by atoms with E-state index < -0.39 is 12.1 Å². The first-order valence-electron chi connectivity index (χ1n) is 7.84. The number of hydrogen-bond donors (Lipinski definition) is 2. The zero-order valence-corrected chi connectivity index (χ0v) is 13.6. The molecule has 5 nitrogen and oxygen atoms in total. The van der Waals surface area contributed by atoms with Crippen LogP contribution in [0.2, 0.25) is 0 Å². The summed E-state index contributed by atoms with van der Waals surface area (Å²) in [7, 11) is 0. The van der Waals surface area contributed by atoms with Gasteiger partial charge in [0, 0.05) is 6.04 Å². The first-order valence-corrected chi connectivity index (χ1v) is 7.84. The number of carbonyl (C=O) groups is 2. The number of carboxylic acids is 1. The normalized spacial score (nSPS) is 11.5. The maximum absolute atomic E-state index is 11.8. The van der Waals surface area contributed by atoms with Crippen molar-refractivity contribution in [3.63, 3.8) is 0 Å². The molecule has 0 aliphatic carbocycles. The number of aromatic carboxylic acids is 1. The van der Waals surface area contributed by atoms with E-state index >= 15 is 0 Å². The van der Waals surface area contributed by atoms with Crippen LogP contribution in [0.15, 0.2) is 54.6 Å². The van der Waals surface area contributed by atoms with E-state index in [0.29, 0.717) is 12.8 Å². The van der Waals surface area contributed by atoms with Crippen molar-refractivity contribution in [2.24, 2.45) is 0 Å². The van der Waals surface area contributed by atoms with Crippen molar-refractivity contribution in [1.29, 1.82) is 0 Å². The molecule has 24 heavy (non-hydrogen) atoms. The molecule has 0 aliphatic heterocycles. The van der Waals surface area contributed by atoms with Crippen LogP contribution in [-0.2, 0) is 17.8 Å². The van der Waals surface area contributed by atoms with Gasteiger partial charge in [0.1, 0.15) is 6.61 Å². The highest BCUT2D eigenvalue weighted by atomic mass is 16.5. The number of aryl methyl sites for hydroxylation is 1. The van der Waals surface area contributed by atoms with Crippen LogP contribution in [-0.4, -0.2) is 23.2 Å². The largest absolute Gasteiger partial charge is 0.478 e. The van der Waals surface area contributed by atoms with Gasteiger partial charge in [0.05, 0.1) is 5.56 Å². The van der Waals surface area contributed by atoms with Gasteiger partial charge in [-0.25, -0.2) is 9.59 Å². The number of benzene rings is 2. The van der Waals surface area contributed by atoms with Crippen molar-refractivity contribution in [3.8, 4) is 0 Å². The van der Waals surface area contributed by atoms with E-state index in [-0.39, 0.29) is 18.2 Å². The van der Waals surface area contributed by atoms with Crippen molar-refractivity contribution in [2.45, 2.75) is 32.4 Å². The molecule has 0 bridgehead atoms. The Bertz CT molecular complexity index is 685. The van der Waals surface area contributed by atoms with Crippen molar-refractivity contribution >= 4 is 12.1 Å². The average Bonchev–Trinajstić information content (AvgIpc) is 2.59. The fraction of sp³-hybridized carbons (Fsp3) is 0.263. The van der Waals surface area contributed by atoms with Crippen LogP contribution in [0.25, 0.3) is 0 Å². The zero-order chi connectivity index (χ0) is 17.4. The van der Waals surface area contributed by atoms with Crippen LogP contribution in [0, 0.1) is 0 Å². The van der Waals surface area contributed by atoms with Gasteiger partial charge in [-0.1, -0.05) is 42.5 Å². The lowest BCUT2D eigenvalue weighted by Gasteiger charge is -2.14. The summed E-state index contributed by atoms with van der Waals surface area (Å²) >= 11 is 0. The Morgan fingerprint density at radius 3 is 2.50 bits per heavy atom. The summed E-state index contributed by atoms with van der Waals surface area (Å²) in [5.74, 6) is -0.937. The number of amides is 1. The summed E-state index contributed by atoms with van der Waals surface area (Å²) in [4.78, 5) is 22.7. The molecule has 0 aliphatic rings. The number of nitrogens with one attached hydrogen (secondary N) is 1. The minimum Gasteiger partial charge on any atom is -0.478 e. The third-order valence-corrected chi connectivity index (χ3v) is 3.62. The molecule has 0 spiro atoms. The smallest absolute Gasteiger partial charge is 0.407 e. The second kappa shape index (κ2) is 8.72. The second-order valence-electron chi connectivity index (χ2n) is 5.65. The average molecular weight is 327 g/mol. The molecule has 2 aromatic carbocycles. The van der Waals surface area contributed by atoms with Crippen LogP contribution < -0.4 is 5.32 Å². The predicted octanol–water partition coefficient (Wildman–Crippen LogP) is 3.63. The molecule has 2 aromatic rings. The Morgan fingerprint density at radius 1 is 1.08 bits per heavy atom. The summed E-state index contributed by atoms with van der Waals surface area (Å²) < 4.78 is 5.17. The standard InChI is InChI=1S/C19H21NO4/c1-14(10-11-15-8-5-9-17(12-15)18(21)22)20-19(23)24-13-16-6-3-2-4-7-16/h2-9,12,14H,10-11,13H2,1H3,(H,20,23)(H,21,22)/t14-/m1/s1. The highest BCUT2D eigenvalue weighted by Crippen LogP contribution is 2.09. The number of rotatable bonds is 7. The SMILES string of the molecule is C[C@H](CCc1cccc(C(=O)O)c1)NC(=O)OCc1ccccc1. The molecular weight excluding hydrogens is 306 g/mol. The van der Waals surface area contributed by atoms with Crippen molar-refractivity contribution in [1.82, 2.24) is 5.32 Å². The molecule has 0 saturated carbocycles. The molecule has 1 atom stereocenters. The second-order valence-corrected chi connectivity index (χ2v) is 5.65. The Kier molecular flexibility index (Phi) is 6.37. The Balaban J connectivity index is 1.74. The number of hydrogen-bond acceptors (Lipinski definition) is 3. The fourth-order valence-corrected chi connectivity index (χ4v) is 2.28. The lowest BCUT2D eigenvalue weighted by Crippen LogP contribution is -2.33. The molecule has 0 aromatic heterocycles. The zero-order valence-electron chi connectivity index (χ0n) is 13.6. The van der Waals surface area contributed by atoms with Gasteiger partial charge in [-0.2, -0.15) is 0 Å². The molecule has 2 rings (SSSR count). The molecular formula is C19H21NO4. The predicted molar refractivity (Wildman–Crippen MR) is 90.9 cm³/mol. The van der Waals surface area contributed by atoms with E-state index in [1.54, 1.807) is 18.2 Å². The Labute approximate surface area is 141 Å². The van der Waals surface area contributed by atoms with Gasteiger partial charge in [-0.05, 0) is 43.0 Å². The Morgan fingerprint density at radius 2 is 1.79 bits per heavy atom. The third-order valence-electron chi connectivity index (χ3n) is 3.62. The molecule has 0 fully saturated rings. The van der Waals surface area contributed by atoms with Crippen LogP contribution in [0.5, 0.6) is 0 Å². The van der Waals surface area contributed by atoms with Crippen LogP contribution in [0.3, 0.4) is 0 Å². The maximum atomic E-state index is 11.8. The van der Waals surface area contributed by atoms with E-state index in [4.69, 9.17) is 9.84 Å². The van der Waals surface area contributed by atoms with E-state index in [1.165, 1.54) is 0 Å². The lowest BCUT2D eigenvalue weighted by atomic mass is 10.0. The van der Waals surface area contributed by atoms with Crippen molar-refractivity contribution in [3.05, 3.63) is 71.3 Å². The summed E-state index contributed by atoms with van der Waals surface area (Å²) in [6, 6.07) is 16.2. The number of carbonyl (C=O) groups excluding carboxylic acids is 1. The lowest BCUT2D eigenvalue weighted by molar-refractivity contribution is 0.0696. The van der Waals surface area contributed by atoms with Gasteiger partial charge in [-0.3, -0.25) is 0 Å². The minimum absolute atomic E-state index is 0.0678. The third kappa shape index (κ3) is 5.76. The number of ether oxygens (including phenoxy) is 1. The van der Waals surface area contributed by atoms with Gasteiger partial charge in [0.2, 0.25) is 0 Å².